The van der Waals surface area contributed by atoms with Crippen LogP contribution in [0.5, 0.6) is 5.75 Å². The van der Waals surface area contributed by atoms with Gasteiger partial charge in [0.05, 0.1) is 4.90 Å². The molecule has 0 saturated carbocycles. The van der Waals surface area contributed by atoms with Crippen molar-refractivity contribution < 1.29 is 23.1 Å². The fraction of sp³-hybridized carbons (Fsp3) is 0.588. The smallest absolute Gasteiger partial charge is 0.407 e. The number of phenolic OH excluding ortho intramolecular Hbond substituents is 1. The summed E-state index contributed by atoms with van der Waals surface area (Å²) in [5.74, 6) is -0.0842. The second-order valence-electron chi connectivity index (χ2n) is 7.35. The fourth-order valence-electron chi connectivity index (χ4n) is 2.78. The van der Waals surface area contributed by atoms with E-state index in [2.05, 4.69) is 5.32 Å². The predicted molar refractivity (Wildman–Crippen MR) is 94.0 cm³/mol. The van der Waals surface area contributed by atoms with E-state index < -0.39 is 21.7 Å². The van der Waals surface area contributed by atoms with Gasteiger partial charge in [-0.25, -0.2) is 13.2 Å². The zero-order valence-electron chi connectivity index (χ0n) is 15.1. The third-order valence-corrected chi connectivity index (χ3v) is 5.62. The SMILES string of the molecule is Cc1cc(O)cc(S(=O)(=O)N2CCCC(NC(=O)OC(C)(C)C)C2)c1. The summed E-state index contributed by atoms with van der Waals surface area (Å²) in [5, 5.41) is 12.4. The molecule has 0 spiro atoms. The van der Waals surface area contributed by atoms with E-state index in [9.17, 15) is 18.3 Å². The summed E-state index contributed by atoms with van der Waals surface area (Å²) in [6.45, 7) is 7.60. The Morgan fingerprint density at radius 1 is 1.32 bits per heavy atom. The van der Waals surface area contributed by atoms with Crippen LogP contribution in [0.3, 0.4) is 0 Å². The molecule has 1 aliphatic rings. The number of hydrogen-bond acceptors (Lipinski definition) is 5. The molecule has 2 N–H and O–H groups in total. The monoisotopic (exact) mass is 370 g/mol. The molecule has 1 fully saturated rings. The minimum atomic E-state index is -3.73. The maximum Gasteiger partial charge on any atom is 0.407 e. The van der Waals surface area contributed by atoms with Crippen LogP contribution in [0.4, 0.5) is 4.79 Å². The number of aromatic hydroxyl groups is 1. The van der Waals surface area contributed by atoms with Crippen LogP contribution in [0.15, 0.2) is 23.1 Å². The molecule has 7 nitrogen and oxygen atoms in total. The molecule has 1 unspecified atom stereocenters. The van der Waals surface area contributed by atoms with Gasteiger partial charge in [0.25, 0.3) is 0 Å². The topological polar surface area (TPSA) is 95.9 Å². The molecular formula is C17H26N2O5S. The summed E-state index contributed by atoms with van der Waals surface area (Å²) in [6.07, 6.45) is 0.770. The molecular weight excluding hydrogens is 344 g/mol. The third-order valence-electron chi connectivity index (χ3n) is 3.78. The van der Waals surface area contributed by atoms with E-state index in [1.54, 1.807) is 27.7 Å². The van der Waals surface area contributed by atoms with E-state index in [4.69, 9.17) is 4.74 Å². The van der Waals surface area contributed by atoms with E-state index in [1.165, 1.54) is 22.5 Å². The second kappa shape index (κ2) is 7.21. The molecule has 1 atom stereocenters. The minimum Gasteiger partial charge on any atom is -0.508 e. The zero-order chi connectivity index (χ0) is 18.8. The summed E-state index contributed by atoms with van der Waals surface area (Å²) < 4.78 is 32.2. The van der Waals surface area contributed by atoms with Crippen LogP contribution < -0.4 is 5.32 Å². The summed E-state index contributed by atoms with van der Waals surface area (Å²) in [6, 6.07) is 3.96. The molecule has 0 aromatic heterocycles. The van der Waals surface area contributed by atoms with Gasteiger partial charge in [-0.1, -0.05) is 0 Å². The number of carbonyl (C=O) groups excluding carboxylic acids is 1. The van der Waals surface area contributed by atoms with E-state index in [-0.39, 0.29) is 23.2 Å². The van der Waals surface area contributed by atoms with Crippen molar-refractivity contribution in [3.05, 3.63) is 23.8 Å². The summed E-state index contributed by atoms with van der Waals surface area (Å²) in [4.78, 5) is 12.0. The van der Waals surface area contributed by atoms with Crippen molar-refractivity contribution in [1.82, 2.24) is 9.62 Å². The highest BCUT2D eigenvalue weighted by atomic mass is 32.2. The number of alkyl carbamates (subject to hydrolysis) is 1. The van der Waals surface area contributed by atoms with E-state index in [1.807, 2.05) is 0 Å². The van der Waals surface area contributed by atoms with Crippen LogP contribution in [0.25, 0.3) is 0 Å². The van der Waals surface area contributed by atoms with Crippen LogP contribution in [0, 0.1) is 6.92 Å². The van der Waals surface area contributed by atoms with Gasteiger partial charge in [0.15, 0.2) is 0 Å². The summed E-state index contributed by atoms with van der Waals surface area (Å²) >= 11 is 0. The third kappa shape index (κ3) is 5.34. The maximum absolute atomic E-state index is 12.8. The lowest BCUT2D eigenvalue weighted by atomic mass is 10.1. The van der Waals surface area contributed by atoms with Gasteiger partial charge in [-0.05, 0) is 64.3 Å². The summed E-state index contributed by atoms with van der Waals surface area (Å²) in [5.41, 5.74) is 0.0582. The standard InChI is InChI=1S/C17H26N2O5S/c1-12-8-14(20)10-15(9-12)25(22,23)19-7-5-6-13(11-19)18-16(21)24-17(2,3)4/h8-10,13,20H,5-7,11H2,1-4H3,(H,18,21). The molecule has 0 bridgehead atoms. The molecule has 1 aromatic carbocycles. The van der Waals surface area contributed by atoms with Crippen LogP contribution in [0.1, 0.15) is 39.2 Å². The average Bonchev–Trinajstić information content (AvgIpc) is 2.44. The van der Waals surface area contributed by atoms with Crippen molar-refractivity contribution in [2.75, 3.05) is 13.1 Å². The number of piperidine rings is 1. The Hall–Kier alpha value is -1.80. The van der Waals surface area contributed by atoms with Gasteiger partial charge in [0.1, 0.15) is 11.4 Å². The molecule has 1 aliphatic heterocycles. The van der Waals surface area contributed by atoms with Crippen LogP contribution in [0.2, 0.25) is 0 Å². The van der Waals surface area contributed by atoms with Gasteiger partial charge in [-0.15, -0.1) is 0 Å². The number of nitrogens with one attached hydrogen (secondary N) is 1. The highest BCUT2D eigenvalue weighted by Crippen LogP contribution is 2.25. The fourth-order valence-corrected chi connectivity index (χ4v) is 4.43. The van der Waals surface area contributed by atoms with Gasteiger partial charge in [-0.2, -0.15) is 4.31 Å². The number of phenols is 1. The van der Waals surface area contributed by atoms with E-state index in [0.29, 0.717) is 24.9 Å². The first kappa shape index (κ1) is 19.5. The van der Waals surface area contributed by atoms with E-state index in [0.717, 1.165) is 0 Å². The number of nitrogens with zero attached hydrogens (tertiary/aromatic N) is 1. The maximum atomic E-state index is 12.8. The molecule has 1 aromatic rings. The Balaban J connectivity index is 2.10. The lowest BCUT2D eigenvalue weighted by molar-refractivity contribution is 0.0487. The number of aryl methyl sites for hydroxylation is 1. The number of amides is 1. The van der Waals surface area contributed by atoms with E-state index >= 15 is 0 Å². The molecule has 25 heavy (non-hydrogen) atoms. The van der Waals surface area contributed by atoms with Gasteiger partial charge in [0.2, 0.25) is 10.0 Å². The second-order valence-corrected chi connectivity index (χ2v) is 9.29. The Kier molecular flexibility index (Phi) is 5.63. The Labute approximate surface area is 149 Å². The van der Waals surface area contributed by atoms with Crippen molar-refractivity contribution in [3.8, 4) is 5.75 Å². The zero-order valence-corrected chi connectivity index (χ0v) is 15.9. The molecule has 8 heteroatoms. The number of ether oxygens (including phenoxy) is 1. The first-order valence-corrected chi connectivity index (χ1v) is 9.72. The van der Waals surface area contributed by atoms with Gasteiger partial charge in [-0.3, -0.25) is 0 Å². The minimum absolute atomic E-state index is 0.0583. The van der Waals surface area contributed by atoms with Gasteiger partial charge < -0.3 is 15.2 Å². The normalized spacial score (nSPS) is 19.4. The molecule has 2 rings (SSSR count). The lowest BCUT2D eigenvalue weighted by Crippen LogP contribution is -2.50. The van der Waals surface area contributed by atoms with Crippen molar-refractivity contribution in [2.45, 2.75) is 57.1 Å². The number of rotatable bonds is 3. The number of sulfonamides is 1. The average molecular weight is 370 g/mol. The highest BCUT2D eigenvalue weighted by molar-refractivity contribution is 7.89. The Morgan fingerprint density at radius 2 is 2.00 bits per heavy atom. The van der Waals surface area contributed by atoms with Crippen molar-refractivity contribution >= 4 is 16.1 Å². The highest BCUT2D eigenvalue weighted by Gasteiger charge is 2.32. The Morgan fingerprint density at radius 3 is 2.60 bits per heavy atom. The number of benzene rings is 1. The molecule has 1 saturated heterocycles. The summed E-state index contributed by atoms with van der Waals surface area (Å²) in [7, 11) is -3.73. The Bertz CT molecular complexity index is 720. The van der Waals surface area contributed by atoms with Gasteiger partial charge in [0, 0.05) is 19.1 Å². The molecule has 1 heterocycles. The first-order chi connectivity index (χ1) is 11.5. The van der Waals surface area contributed by atoms with Crippen molar-refractivity contribution in [2.24, 2.45) is 0 Å². The van der Waals surface area contributed by atoms with Crippen LogP contribution in [-0.4, -0.2) is 48.7 Å². The largest absolute Gasteiger partial charge is 0.508 e. The van der Waals surface area contributed by atoms with Crippen molar-refractivity contribution in [1.29, 1.82) is 0 Å². The van der Waals surface area contributed by atoms with Gasteiger partial charge >= 0.3 is 6.09 Å². The number of carbonyl (C=O) groups is 1. The molecule has 140 valence electrons. The predicted octanol–water partition coefficient (Wildman–Crippen LogP) is 2.38. The van der Waals surface area contributed by atoms with Crippen molar-refractivity contribution in [3.63, 3.8) is 0 Å². The van der Waals surface area contributed by atoms with Crippen LogP contribution in [-0.2, 0) is 14.8 Å². The lowest BCUT2D eigenvalue weighted by Gasteiger charge is -2.33. The van der Waals surface area contributed by atoms with Crippen LogP contribution >= 0.6 is 0 Å². The first-order valence-electron chi connectivity index (χ1n) is 8.28. The molecule has 1 amide bonds. The number of hydrogen-bond donors (Lipinski definition) is 2. The molecule has 0 aliphatic carbocycles. The molecule has 0 radical (unpaired) electrons. The quantitative estimate of drug-likeness (QED) is 0.852.